The van der Waals surface area contributed by atoms with E-state index in [0.29, 0.717) is 10.6 Å². The lowest BCUT2D eigenvalue weighted by atomic mass is 10.2. The van der Waals surface area contributed by atoms with Crippen molar-refractivity contribution < 1.29 is 19.1 Å². The molecule has 0 unspecified atom stereocenters. The number of carbonyl (C=O) groups is 2. The van der Waals surface area contributed by atoms with E-state index in [-0.39, 0.29) is 29.7 Å². The van der Waals surface area contributed by atoms with Gasteiger partial charge in [0, 0.05) is 12.7 Å². The lowest BCUT2D eigenvalue weighted by molar-refractivity contribution is 0.0700. The van der Waals surface area contributed by atoms with E-state index >= 15 is 0 Å². The van der Waals surface area contributed by atoms with E-state index in [1.165, 1.54) is 24.3 Å². The molecule has 0 radical (unpaired) electrons. The van der Waals surface area contributed by atoms with Crippen LogP contribution in [0, 0.1) is 5.82 Å². The van der Waals surface area contributed by atoms with E-state index in [1.807, 2.05) is 12.1 Å². The van der Waals surface area contributed by atoms with Crippen molar-refractivity contribution in [2.45, 2.75) is 13.1 Å². The highest BCUT2D eigenvalue weighted by Gasteiger charge is 2.20. The number of carboxylic acid groups (broad SMARTS) is 1. The van der Waals surface area contributed by atoms with E-state index in [9.17, 15) is 14.0 Å². The molecule has 0 atom stereocenters. The molecule has 0 bridgehead atoms. The number of aromatic nitrogens is 1. The van der Waals surface area contributed by atoms with Gasteiger partial charge in [0.05, 0.1) is 17.1 Å². The van der Waals surface area contributed by atoms with Crippen molar-refractivity contribution in [1.82, 2.24) is 9.88 Å². The molecule has 132 valence electrons. The van der Waals surface area contributed by atoms with Crippen LogP contribution in [-0.4, -0.2) is 26.9 Å². The predicted octanol–water partition coefficient (Wildman–Crippen LogP) is 3.82. The van der Waals surface area contributed by atoms with Crippen LogP contribution in [0.15, 0.2) is 60.8 Å². The molecule has 1 amide bonds. The fourth-order valence-electron chi connectivity index (χ4n) is 2.42. The molecule has 0 saturated carbocycles. The van der Waals surface area contributed by atoms with Crippen LogP contribution < -0.4 is 0 Å². The van der Waals surface area contributed by atoms with Gasteiger partial charge in [-0.1, -0.05) is 18.2 Å². The number of benzene rings is 1. The Labute approximate surface area is 153 Å². The molecule has 7 heteroatoms. The molecular formula is C19H15FN2O3S. The average molecular weight is 370 g/mol. The molecule has 2 heterocycles. The molecule has 0 aliphatic rings. The Kier molecular flexibility index (Phi) is 5.38. The second kappa shape index (κ2) is 7.88. The number of carboxylic acids is 1. The van der Waals surface area contributed by atoms with Crippen molar-refractivity contribution in [2.75, 3.05) is 0 Å². The molecule has 0 aliphatic heterocycles. The first-order chi connectivity index (χ1) is 12.5. The summed E-state index contributed by atoms with van der Waals surface area (Å²) < 4.78 is 13.1. The van der Waals surface area contributed by atoms with E-state index in [4.69, 9.17) is 5.11 Å². The quantitative estimate of drug-likeness (QED) is 0.716. The van der Waals surface area contributed by atoms with E-state index in [0.717, 1.165) is 16.9 Å². The minimum atomic E-state index is -1.07. The number of pyridine rings is 1. The third kappa shape index (κ3) is 4.31. The second-order valence-corrected chi connectivity index (χ2v) is 6.66. The molecule has 0 aliphatic carbocycles. The number of rotatable bonds is 6. The van der Waals surface area contributed by atoms with E-state index < -0.39 is 5.97 Å². The summed E-state index contributed by atoms with van der Waals surface area (Å²) in [6.07, 6.45) is 1.64. The van der Waals surface area contributed by atoms with E-state index in [2.05, 4.69) is 4.98 Å². The van der Waals surface area contributed by atoms with Crippen LogP contribution in [0.2, 0.25) is 0 Å². The topological polar surface area (TPSA) is 70.5 Å². The van der Waals surface area contributed by atoms with Gasteiger partial charge in [0.2, 0.25) is 0 Å². The van der Waals surface area contributed by atoms with Crippen molar-refractivity contribution in [3.05, 3.63) is 87.6 Å². The fraction of sp³-hybridized carbons (Fsp3) is 0.105. The molecule has 3 aromatic rings. The fourth-order valence-corrected chi connectivity index (χ4v) is 3.23. The molecule has 5 nitrogen and oxygen atoms in total. The van der Waals surface area contributed by atoms with Gasteiger partial charge in [-0.05, 0) is 42.0 Å². The van der Waals surface area contributed by atoms with Crippen LogP contribution >= 0.6 is 11.3 Å². The Morgan fingerprint density at radius 3 is 2.35 bits per heavy atom. The Morgan fingerprint density at radius 2 is 1.73 bits per heavy atom. The number of hydrogen-bond donors (Lipinski definition) is 1. The Morgan fingerprint density at radius 1 is 1.00 bits per heavy atom. The summed E-state index contributed by atoms with van der Waals surface area (Å²) in [5.74, 6) is -1.71. The first-order valence-electron chi connectivity index (χ1n) is 7.79. The van der Waals surface area contributed by atoms with Crippen molar-refractivity contribution >= 4 is 23.2 Å². The summed E-state index contributed by atoms with van der Waals surface area (Å²) in [5.41, 5.74) is 1.48. The van der Waals surface area contributed by atoms with Crippen molar-refractivity contribution in [3.63, 3.8) is 0 Å². The van der Waals surface area contributed by atoms with Crippen LogP contribution in [0.3, 0.4) is 0 Å². The Balaban J connectivity index is 1.86. The van der Waals surface area contributed by atoms with Gasteiger partial charge < -0.3 is 10.0 Å². The Hall–Kier alpha value is -3.06. The zero-order valence-electron chi connectivity index (χ0n) is 13.6. The molecular weight excluding hydrogens is 355 g/mol. The maximum absolute atomic E-state index is 13.1. The highest BCUT2D eigenvalue weighted by atomic mass is 32.1. The summed E-state index contributed by atoms with van der Waals surface area (Å²) in [7, 11) is 0. The summed E-state index contributed by atoms with van der Waals surface area (Å²) in [4.78, 5) is 30.2. The van der Waals surface area contributed by atoms with Crippen LogP contribution in [-0.2, 0) is 13.1 Å². The molecule has 0 saturated heterocycles. The van der Waals surface area contributed by atoms with E-state index in [1.54, 1.807) is 29.3 Å². The zero-order chi connectivity index (χ0) is 18.5. The third-order valence-corrected chi connectivity index (χ3v) is 4.74. The van der Waals surface area contributed by atoms with Gasteiger partial charge in [-0.25, -0.2) is 9.18 Å². The highest BCUT2D eigenvalue weighted by molar-refractivity contribution is 7.15. The summed E-state index contributed by atoms with van der Waals surface area (Å²) >= 11 is 0.930. The number of carbonyl (C=O) groups excluding carboxylic acids is 1. The maximum atomic E-state index is 13.1. The Bertz CT molecular complexity index is 910. The predicted molar refractivity (Wildman–Crippen MR) is 95.5 cm³/mol. The number of aromatic carboxylic acids is 1. The standard InChI is InChI=1S/C19H15FN2O3S/c20-14-6-4-13(5-7-14)11-22(12-15-3-1-2-10-21-15)18(23)16-8-9-17(26-16)19(24)25/h1-10H,11-12H2,(H,24,25). The largest absolute Gasteiger partial charge is 0.477 e. The SMILES string of the molecule is O=C(O)c1ccc(C(=O)N(Cc2ccc(F)cc2)Cc2ccccn2)s1. The molecule has 0 spiro atoms. The van der Waals surface area contributed by atoms with Gasteiger partial charge in [-0.3, -0.25) is 9.78 Å². The number of amides is 1. The van der Waals surface area contributed by atoms with Gasteiger partial charge in [0.25, 0.3) is 5.91 Å². The third-order valence-electron chi connectivity index (χ3n) is 3.68. The summed E-state index contributed by atoms with van der Waals surface area (Å²) in [6, 6.07) is 14.3. The summed E-state index contributed by atoms with van der Waals surface area (Å²) in [6.45, 7) is 0.521. The lowest BCUT2D eigenvalue weighted by Gasteiger charge is -2.22. The molecule has 26 heavy (non-hydrogen) atoms. The molecule has 1 N–H and O–H groups in total. The van der Waals surface area contributed by atoms with Gasteiger partial charge in [-0.2, -0.15) is 0 Å². The van der Waals surface area contributed by atoms with Gasteiger partial charge in [0.1, 0.15) is 10.7 Å². The minimum absolute atomic E-state index is 0.105. The normalized spacial score (nSPS) is 10.5. The van der Waals surface area contributed by atoms with Gasteiger partial charge in [-0.15, -0.1) is 11.3 Å². The first kappa shape index (κ1) is 17.8. The molecule has 2 aromatic heterocycles. The average Bonchev–Trinajstić information content (AvgIpc) is 3.14. The highest BCUT2D eigenvalue weighted by Crippen LogP contribution is 2.21. The first-order valence-corrected chi connectivity index (χ1v) is 8.61. The molecule has 3 rings (SSSR count). The van der Waals surface area contributed by atoms with Crippen molar-refractivity contribution in [1.29, 1.82) is 0 Å². The van der Waals surface area contributed by atoms with Gasteiger partial charge >= 0.3 is 5.97 Å². The van der Waals surface area contributed by atoms with Crippen LogP contribution in [0.4, 0.5) is 4.39 Å². The zero-order valence-corrected chi connectivity index (χ0v) is 14.4. The molecule has 1 aromatic carbocycles. The number of thiophene rings is 1. The van der Waals surface area contributed by atoms with Gasteiger partial charge in [0.15, 0.2) is 0 Å². The maximum Gasteiger partial charge on any atom is 0.345 e. The second-order valence-electron chi connectivity index (χ2n) is 5.58. The smallest absolute Gasteiger partial charge is 0.345 e. The lowest BCUT2D eigenvalue weighted by Crippen LogP contribution is -2.30. The summed E-state index contributed by atoms with van der Waals surface area (Å²) in [5, 5.41) is 9.05. The number of hydrogen-bond acceptors (Lipinski definition) is 4. The van der Waals surface area contributed by atoms with Crippen LogP contribution in [0.5, 0.6) is 0 Å². The van der Waals surface area contributed by atoms with Crippen molar-refractivity contribution in [2.24, 2.45) is 0 Å². The van der Waals surface area contributed by atoms with Crippen LogP contribution in [0.1, 0.15) is 30.6 Å². The number of nitrogens with zero attached hydrogens (tertiary/aromatic N) is 2. The minimum Gasteiger partial charge on any atom is -0.477 e. The molecule has 0 fully saturated rings. The monoisotopic (exact) mass is 370 g/mol. The van der Waals surface area contributed by atoms with Crippen LogP contribution in [0.25, 0.3) is 0 Å². The van der Waals surface area contributed by atoms with Crippen molar-refractivity contribution in [3.8, 4) is 0 Å². The number of halogens is 1.